The molecule has 1 aliphatic rings. The van der Waals surface area contributed by atoms with E-state index in [1.54, 1.807) is 0 Å². The third kappa shape index (κ3) is 6.01. The van der Waals surface area contributed by atoms with E-state index in [4.69, 9.17) is 0 Å². The Labute approximate surface area is 118 Å². The fraction of sp³-hybridized carbons (Fsp3) is 0.273. The van der Waals surface area contributed by atoms with Crippen molar-refractivity contribution in [1.82, 2.24) is 0 Å². The number of hydrogen-bond donors (Lipinski definition) is 0. The summed E-state index contributed by atoms with van der Waals surface area (Å²) >= 11 is 0. The van der Waals surface area contributed by atoms with Crippen molar-refractivity contribution < 1.29 is 26.2 Å². The molecule has 0 aromatic carbocycles. The predicted octanol–water partition coefficient (Wildman–Crippen LogP) is 4.04. The standard InChI is InChI=1S/C11H13.2ClH.Zr/c1-3-6-10-8-5-9-11(10)7-4-2;;;/h3-4,8H,1-2,5-7H2;2*1H;/q-1;;;. The zero-order valence-electron chi connectivity index (χ0n) is 8.08. The van der Waals surface area contributed by atoms with E-state index in [0.717, 1.165) is 19.3 Å². The van der Waals surface area contributed by atoms with Gasteiger partial charge in [0.15, 0.2) is 0 Å². The molecule has 0 aliphatic heterocycles. The molecule has 0 N–H and O–H groups in total. The molecule has 0 fully saturated rings. The quantitative estimate of drug-likeness (QED) is 0.543. The van der Waals surface area contributed by atoms with Crippen molar-refractivity contribution in [1.29, 1.82) is 0 Å². The Morgan fingerprint density at radius 1 is 1.21 bits per heavy atom. The number of allylic oxidation sites excluding steroid dienone is 6. The second-order valence-electron chi connectivity index (χ2n) is 2.57. The zero-order chi connectivity index (χ0) is 8.10. The van der Waals surface area contributed by atoms with Gasteiger partial charge in [-0.1, -0.05) is 12.5 Å². The Balaban J connectivity index is -0.000000403. The van der Waals surface area contributed by atoms with Crippen LogP contribution in [0.1, 0.15) is 19.3 Å². The molecule has 1 rings (SSSR count). The monoisotopic (exact) mass is 307 g/mol. The maximum absolute atomic E-state index is 3.71. The Bertz CT molecular complexity index is 205. The summed E-state index contributed by atoms with van der Waals surface area (Å²) in [5, 5.41) is 0. The summed E-state index contributed by atoms with van der Waals surface area (Å²) in [6.07, 6.45) is 12.2. The van der Waals surface area contributed by atoms with E-state index < -0.39 is 0 Å². The van der Waals surface area contributed by atoms with Gasteiger partial charge in [0, 0.05) is 26.2 Å². The van der Waals surface area contributed by atoms with Gasteiger partial charge in [-0.25, -0.2) is 5.57 Å². The van der Waals surface area contributed by atoms with E-state index in [1.165, 1.54) is 11.1 Å². The van der Waals surface area contributed by atoms with E-state index in [2.05, 4.69) is 25.3 Å². The number of rotatable bonds is 4. The molecule has 0 aromatic heterocycles. The van der Waals surface area contributed by atoms with Crippen LogP contribution in [0.25, 0.3) is 0 Å². The average molecular weight is 309 g/mol. The molecule has 0 nitrogen and oxygen atoms in total. The third-order valence-corrected chi connectivity index (χ3v) is 1.76. The second kappa shape index (κ2) is 11.5. The van der Waals surface area contributed by atoms with Gasteiger partial charge in [0.2, 0.25) is 0 Å². The molecule has 0 saturated carbocycles. The first-order valence-corrected chi connectivity index (χ1v) is 3.89. The van der Waals surface area contributed by atoms with Crippen LogP contribution in [0, 0.1) is 6.08 Å². The van der Waals surface area contributed by atoms with Gasteiger partial charge in [-0.05, 0) is 6.42 Å². The molecule has 3 heteroatoms. The molecule has 0 unspecified atom stereocenters. The average Bonchev–Trinajstić information content (AvgIpc) is 2.39. The summed E-state index contributed by atoms with van der Waals surface area (Å²) in [7, 11) is 0. The molecule has 0 atom stereocenters. The Morgan fingerprint density at radius 2 is 1.79 bits per heavy atom. The Morgan fingerprint density at radius 3 is 2.29 bits per heavy atom. The Hall–Kier alpha value is 0.423. The van der Waals surface area contributed by atoms with Crippen molar-refractivity contribution in [2.24, 2.45) is 0 Å². The smallest absolute Gasteiger partial charge is 0 e. The normalized spacial score (nSPS) is 12.3. The van der Waals surface area contributed by atoms with Crippen molar-refractivity contribution in [3.8, 4) is 0 Å². The van der Waals surface area contributed by atoms with Crippen LogP contribution in [0.2, 0.25) is 0 Å². The minimum atomic E-state index is 0. The first-order valence-electron chi connectivity index (χ1n) is 3.89. The van der Waals surface area contributed by atoms with E-state index >= 15 is 0 Å². The molecule has 0 heterocycles. The number of hydrogen-bond acceptors (Lipinski definition) is 0. The van der Waals surface area contributed by atoms with Crippen LogP contribution in [0.3, 0.4) is 0 Å². The molecule has 78 valence electrons. The van der Waals surface area contributed by atoms with E-state index in [-0.39, 0.29) is 51.0 Å². The fourth-order valence-electron chi connectivity index (χ4n) is 1.24. The van der Waals surface area contributed by atoms with E-state index in [1.807, 2.05) is 12.2 Å². The molecular formula is C11H15Cl2Zr-. The summed E-state index contributed by atoms with van der Waals surface area (Å²) in [6, 6.07) is 0. The van der Waals surface area contributed by atoms with Crippen molar-refractivity contribution in [3.05, 3.63) is 48.6 Å². The van der Waals surface area contributed by atoms with Gasteiger partial charge in [-0.2, -0.15) is 11.6 Å². The van der Waals surface area contributed by atoms with Gasteiger partial charge in [0.05, 0.1) is 0 Å². The molecule has 0 saturated heterocycles. The number of halogens is 2. The molecule has 0 spiro atoms. The summed E-state index contributed by atoms with van der Waals surface area (Å²) in [4.78, 5) is 0. The molecule has 0 bridgehead atoms. The van der Waals surface area contributed by atoms with E-state index in [0.29, 0.717) is 0 Å². The van der Waals surface area contributed by atoms with Crippen LogP contribution in [-0.2, 0) is 26.2 Å². The molecule has 0 amide bonds. The zero-order valence-corrected chi connectivity index (χ0v) is 12.2. The van der Waals surface area contributed by atoms with Crippen molar-refractivity contribution in [3.63, 3.8) is 0 Å². The molecular weight excluding hydrogens is 294 g/mol. The van der Waals surface area contributed by atoms with Gasteiger partial charge in [0.1, 0.15) is 0 Å². The fourth-order valence-corrected chi connectivity index (χ4v) is 1.24. The van der Waals surface area contributed by atoms with E-state index in [9.17, 15) is 0 Å². The van der Waals surface area contributed by atoms with Crippen LogP contribution < -0.4 is 0 Å². The van der Waals surface area contributed by atoms with Gasteiger partial charge in [-0.3, -0.25) is 6.08 Å². The molecule has 14 heavy (non-hydrogen) atoms. The van der Waals surface area contributed by atoms with Crippen LogP contribution in [0.4, 0.5) is 0 Å². The van der Waals surface area contributed by atoms with Crippen molar-refractivity contribution >= 4 is 24.8 Å². The maximum atomic E-state index is 3.71. The topological polar surface area (TPSA) is 0 Å². The van der Waals surface area contributed by atoms with Gasteiger partial charge in [0.25, 0.3) is 0 Å². The van der Waals surface area contributed by atoms with Crippen LogP contribution >= 0.6 is 24.8 Å². The summed E-state index contributed by atoms with van der Waals surface area (Å²) in [5.74, 6) is 0. The molecule has 1 aliphatic carbocycles. The van der Waals surface area contributed by atoms with Crippen LogP contribution in [0.15, 0.2) is 42.5 Å². The van der Waals surface area contributed by atoms with Crippen LogP contribution in [0.5, 0.6) is 0 Å². The van der Waals surface area contributed by atoms with Gasteiger partial charge < -0.3 is 0 Å². The first-order chi connectivity index (χ1) is 5.38. The SMILES string of the molecule is C=CCC1=[C-]CC=C1CC=C.Cl.Cl.[Zr]. The largest absolute Gasteiger partial charge is 0.269 e. The summed E-state index contributed by atoms with van der Waals surface area (Å²) in [6.45, 7) is 7.42. The first kappa shape index (κ1) is 19.9. The van der Waals surface area contributed by atoms with Crippen molar-refractivity contribution in [2.45, 2.75) is 19.3 Å². The van der Waals surface area contributed by atoms with Gasteiger partial charge in [-0.15, -0.1) is 50.5 Å². The molecule has 0 radical (unpaired) electrons. The summed E-state index contributed by atoms with van der Waals surface area (Å²) < 4.78 is 0. The van der Waals surface area contributed by atoms with Gasteiger partial charge >= 0.3 is 0 Å². The third-order valence-electron chi connectivity index (χ3n) is 1.76. The molecule has 0 aromatic rings. The minimum absolute atomic E-state index is 0. The maximum Gasteiger partial charge on any atom is 0 e. The second-order valence-corrected chi connectivity index (χ2v) is 2.57. The summed E-state index contributed by atoms with van der Waals surface area (Å²) in [5.41, 5.74) is 2.68. The minimum Gasteiger partial charge on any atom is -0.269 e. The predicted molar refractivity (Wildman–Crippen MR) is 63.6 cm³/mol. The van der Waals surface area contributed by atoms with Crippen molar-refractivity contribution in [2.75, 3.05) is 0 Å². The van der Waals surface area contributed by atoms with Crippen LogP contribution in [-0.4, -0.2) is 0 Å². The Kier molecular flexibility index (Phi) is 16.4.